The number of fused-ring (bicyclic) bond motifs is 1. The molecule has 3 aromatic rings. The first-order valence-corrected chi connectivity index (χ1v) is 8.07. The molecule has 0 atom stereocenters. The van der Waals surface area contributed by atoms with E-state index in [4.69, 9.17) is 0 Å². The van der Waals surface area contributed by atoms with E-state index in [9.17, 15) is 4.79 Å². The highest BCUT2D eigenvalue weighted by molar-refractivity contribution is 7.18. The number of hydrogen-bond acceptors (Lipinski definition) is 5. The largest absolute Gasteiger partial charge is 0.309 e. The summed E-state index contributed by atoms with van der Waals surface area (Å²) in [6.07, 6.45) is 0. The average molecular weight is 305 g/mol. The first kappa shape index (κ1) is 13.5. The SMILES string of the molecule is Cc1sc2nc(CNCc3cccs3)[nH]c(=O)c2c1C. The molecule has 0 unspecified atom stereocenters. The Morgan fingerprint density at radius 1 is 1.35 bits per heavy atom. The number of rotatable bonds is 4. The van der Waals surface area contributed by atoms with Crippen LogP contribution in [-0.4, -0.2) is 9.97 Å². The van der Waals surface area contributed by atoms with E-state index in [0.29, 0.717) is 12.4 Å². The molecule has 0 radical (unpaired) electrons. The molecule has 0 aliphatic heterocycles. The van der Waals surface area contributed by atoms with Gasteiger partial charge < -0.3 is 10.3 Å². The van der Waals surface area contributed by atoms with E-state index < -0.39 is 0 Å². The third-order valence-electron chi connectivity index (χ3n) is 3.26. The van der Waals surface area contributed by atoms with Crippen molar-refractivity contribution in [3.05, 3.63) is 49.0 Å². The van der Waals surface area contributed by atoms with Gasteiger partial charge in [-0.1, -0.05) is 6.07 Å². The summed E-state index contributed by atoms with van der Waals surface area (Å²) in [5.41, 5.74) is 1.00. The van der Waals surface area contributed by atoms with Gasteiger partial charge in [-0.2, -0.15) is 0 Å². The maximum Gasteiger partial charge on any atom is 0.259 e. The van der Waals surface area contributed by atoms with Gasteiger partial charge in [-0.05, 0) is 30.9 Å². The molecule has 0 saturated heterocycles. The molecular weight excluding hydrogens is 290 g/mol. The third-order valence-corrected chi connectivity index (χ3v) is 5.24. The Labute approximate surface area is 124 Å². The van der Waals surface area contributed by atoms with Crippen molar-refractivity contribution in [2.45, 2.75) is 26.9 Å². The Morgan fingerprint density at radius 3 is 2.95 bits per heavy atom. The summed E-state index contributed by atoms with van der Waals surface area (Å²) in [6, 6.07) is 4.12. The number of aromatic amines is 1. The van der Waals surface area contributed by atoms with Crippen molar-refractivity contribution in [1.29, 1.82) is 0 Å². The molecule has 0 spiro atoms. The van der Waals surface area contributed by atoms with Gasteiger partial charge in [-0.25, -0.2) is 4.98 Å². The third kappa shape index (κ3) is 2.54. The second kappa shape index (κ2) is 5.47. The van der Waals surface area contributed by atoms with Crippen molar-refractivity contribution in [3.8, 4) is 0 Å². The van der Waals surface area contributed by atoms with Gasteiger partial charge in [0, 0.05) is 16.3 Å². The first-order valence-electron chi connectivity index (χ1n) is 6.37. The maximum atomic E-state index is 12.1. The molecule has 0 saturated carbocycles. The maximum absolute atomic E-state index is 12.1. The second-order valence-electron chi connectivity index (χ2n) is 4.66. The van der Waals surface area contributed by atoms with Gasteiger partial charge in [0.2, 0.25) is 0 Å². The van der Waals surface area contributed by atoms with E-state index in [2.05, 4.69) is 26.7 Å². The van der Waals surface area contributed by atoms with Crippen molar-refractivity contribution in [3.63, 3.8) is 0 Å². The highest BCUT2D eigenvalue weighted by Crippen LogP contribution is 2.25. The van der Waals surface area contributed by atoms with Gasteiger partial charge in [-0.15, -0.1) is 22.7 Å². The summed E-state index contributed by atoms with van der Waals surface area (Å²) in [6.45, 7) is 5.36. The lowest BCUT2D eigenvalue weighted by Crippen LogP contribution is -2.18. The van der Waals surface area contributed by atoms with Crippen LogP contribution in [0.4, 0.5) is 0 Å². The Hall–Kier alpha value is -1.50. The molecule has 6 heteroatoms. The number of thiophene rings is 2. The van der Waals surface area contributed by atoms with E-state index in [-0.39, 0.29) is 5.56 Å². The van der Waals surface area contributed by atoms with Gasteiger partial charge in [0.15, 0.2) is 0 Å². The fourth-order valence-electron chi connectivity index (χ4n) is 2.10. The molecule has 0 aliphatic carbocycles. The standard InChI is InChI=1S/C14H15N3OS2/c1-8-9(2)20-14-12(8)13(18)16-11(17-14)7-15-6-10-4-3-5-19-10/h3-5,15H,6-7H2,1-2H3,(H,16,17,18). The average Bonchev–Trinajstić information content (AvgIpc) is 2.99. The lowest BCUT2D eigenvalue weighted by Gasteiger charge is -2.03. The van der Waals surface area contributed by atoms with Crippen molar-refractivity contribution >= 4 is 32.9 Å². The zero-order chi connectivity index (χ0) is 14.1. The molecule has 0 fully saturated rings. The Balaban J connectivity index is 1.80. The van der Waals surface area contributed by atoms with Crippen molar-refractivity contribution in [2.24, 2.45) is 0 Å². The zero-order valence-electron chi connectivity index (χ0n) is 11.3. The van der Waals surface area contributed by atoms with Crippen LogP contribution in [0.15, 0.2) is 22.3 Å². The minimum atomic E-state index is -0.0372. The molecule has 0 aliphatic rings. The summed E-state index contributed by atoms with van der Waals surface area (Å²) in [4.78, 5) is 22.8. The highest BCUT2D eigenvalue weighted by atomic mass is 32.1. The lowest BCUT2D eigenvalue weighted by molar-refractivity contribution is 0.669. The van der Waals surface area contributed by atoms with E-state index in [1.807, 2.05) is 19.9 Å². The second-order valence-corrected chi connectivity index (χ2v) is 6.89. The van der Waals surface area contributed by atoms with Crippen LogP contribution in [0.3, 0.4) is 0 Å². The van der Waals surface area contributed by atoms with Crippen LogP contribution in [0.1, 0.15) is 21.1 Å². The summed E-state index contributed by atoms with van der Waals surface area (Å²) in [5, 5.41) is 6.09. The van der Waals surface area contributed by atoms with Gasteiger partial charge in [0.1, 0.15) is 10.7 Å². The van der Waals surface area contributed by atoms with Crippen LogP contribution in [0.25, 0.3) is 10.2 Å². The summed E-state index contributed by atoms with van der Waals surface area (Å²) < 4.78 is 0. The smallest absolute Gasteiger partial charge is 0.259 e. The van der Waals surface area contributed by atoms with Crippen LogP contribution >= 0.6 is 22.7 Å². The van der Waals surface area contributed by atoms with Gasteiger partial charge in [-0.3, -0.25) is 4.79 Å². The summed E-state index contributed by atoms with van der Waals surface area (Å²) in [7, 11) is 0. The van der Waals surface area contributed by atoms with Crippen LogP contribution in [0.5, 0.6) is 0 Å². The fourth-order valence-corrected chi connectivity index (χ4v) is 3.82. The summed E-state index contributed by atoms with van der Waals surface area (Å²) in [5.74, 6) is 0.695. The molecule has 3 heterocycles. The Bertz CT molecular complexity index is 787. The molecule has 4 nitrogen and oxygen atoms in total. The van der Waals surface area contributed by atoms with Crippen molar-refractivity contribution in [2.75, 3.05) is 0 Å². The molecular formula is C14H15N3OS2. The number of aryl methyl sites for hydroxylation is 2. The van der Waals surface area contributed by atoms with E-state index >= 15 is 0 Å². The minimum absolute atomic E-state index is 0.0372. The number of nitrogens with one attached hydrogen (secondary N) is 2. The Kier molecular flexibility index (Phi) is 3.69. The van der Waals surface area contributed by atoms with Crippen LogP contribution in [0.2, 0.25) is 0 Å². The fraction of sp³-hybridized carbons (Fsp3) is 0.286. The van der Waals surface area contributed by atoms with Crippen molar-refractivity contribution < 1.29 is 0 Å². The molecule has 2 N–H and O–H groups in total. The number of hydrogen-bond donors (Lipinski definition) is 2. The first-order chi connectivity index (χ1) is 9.65. The molecule has 3 aromatic heterocycles. The normalized spacial score (nSPS) is 11.3. The highest BCUT2D eigenvalue weighted by Gasteiger charge is 2.11. The van der Waals surface area contributed by atoms with E-state index in [1.54, 1.807) is 22.7 Å². The van der Waals surface area contributed by atoms with Gasteiger partial charge >= 0.3 is 0 Å². The number of aromatic nitrogens is 2. The number of H-pyrrole nitrogens is 1. The molecule has 0 aromatic carbocycles. The van der Waals surface area contributed by atoms with E-state index in [0.717, 1.165) is 27.2 Å². The zero-order valence-corrected chi connectivity index (χ0v) is 13.0. The topological polar surface area (TPSA) is 57.8 Å². The number of nitrogens with zero attached hydrogens (tertiary/aromatic N) is 1. The Morgan fingerprint density at radius 2 is 2.20 bits per heavy atom. The molecule has 104 valence electrons. The van der Waals surface area contributed by atoms with Crippen LogP contribution in [-0.2, 0) is 13.1 Å². The quantitative estimate of drug-likeness (QED) is 0.779. The molecule has 3 rings (SSSR count). The van der Waals surface area contributed by atoms with Crippen LogP contribution in [0, 0.1) is 13.8 Å². The monoisotopic (exact) mass is 305 g/mol. The molecule has 0 amide bonds. The van der Waals surface area contributed by atoms with Gasteiger partial charge in [0.05, 0.1) is 11.9 Å². The predicted molar refractivity (Wildman–Crippen MR) is 84.6 cm³/mol. The lowest BCUT2D eigenvalue weighted by atomic mass is 10.2. The summed E-state index contributed by atoms with van der Waals surface area (Å²) >= 11 is 3.30. The van der Waals surface area contributed by atoms with Crippen LogP contribution < -0.4 is 10.9 Å². The minimum Gasteiger partial charge on any atom is -0.309 e. The molecule has 0 bridgehead atoms. The van der Waals surface area contributed by atoms with E-state index in [1.165, 1.54) is 4.88 Å². The predicted octanol–water partition coefficient (Wildman–Crippen LogP) is 2.95. The van der Waals surface area contributed by atoms with Crippen molar-refractivity contribution in [1.82, 2.24) is 15.3 Å². The van der Waals surface area contributed by atoms with Gasteiger partial charge in [0.25, 0.3) is 5.56 Å². The molecule has 20 heavy (non-hydrogen) atoms.